The number of rotatable bonds is 7. The van der Waals surface area contributed by atoms with E-state index in [1.807, 2.05) is 18.2 Å². The highest BCUT2D eigenvalue weighted by atomic mass is 35.5. The summed E-state index contributed by atoms with van der Waals surface area (Å²) in [6.07, 6.45) is -0.841. The van der Waals surface area contributed by atoms with E-state index in [1.165, 1.54) is 4.68 Å². The smallest absolute Gasteiger partial charge is 0.345 e. The lowest BCUT2D eigenvalue weighted by molar-refractivity contribution is 0.0528. The molecular formula is C20H21ClN4O3. The predicted molar refractivity (Wildman–Crippen MR) is 109 cm³/mol. The van der Waals surface area contributed by atoms with Crippen LogP contribution in [0.15, 0.2) is 54.6 Å². The number of nitrogens with zero attached hydrogens (tertiary/aromatic N) is 2. The van der Waals surface area contributed by atoms with Crippen molar-refractivity contribution < 1.29 is 14.6 Å². The number of anilines is 3. The van der Waals surface area contributed by atoms with Crippen LogP contribution in [0, 0.1) is 0 Å². The number of aliphatic hydroxyl groups excluding tert-OH is 1. The molecule has 4 N–H and O–H groups in total. The third kappa shape index (κ3) is 4.27. The number of aromatic nitrogens is 2. The Morgan fingerprint density at radius 3 is 2.61 bits per heavy atom. The molecule has 7 nitrogen and oxygen atoms in total. The molecule has 0 saturated carbocycles. The molecule has 1 aromatic heterocycles. The molecule has 1 heterocycles. The maximum absolute atomic E-state index is 12.4. The van der Waals surface area contributed by atoms with Gasteiger partial charge < -0.3 is 20.9 Å². The Morgan fingerprint density at radius 2 is 1.93 bits per heavy atom. The van der Waals surface area contributed by atoms with Gasteiger partial charge in [-0.2, -0.15) is 5.10 Å². The van der Waals surface area contributed by atoms with Gasteiger partial charge in [0.05, 0.1) is 30.0 Å². The molecule has 0 fully saturated rings. The van der Waals surface area contributed by atoms with Crippen LogP contribution in [-0.2, 0) is 11.3 Å². The first-order valence-corrected chi connectivity index (χ1v) is 9.17. The van der Waals surface area contributed by atoms with Crippen molar-refractivity contribution in [2.45, 2.75) is 19.6 Å². The first-order valence-electron chi connectivity index (χ1n) is 8.79. The van der Waals surface area contributed by atoms with Crippen molar-refractivity contribution in [3.63, 3.8) is 0 Å². The van der Waals surface area contributed by atoms with Gasteiger partial charge in [0, 0.05) is 0 Å². The molecule has 1 atom stereocenters. The van der Waals surface area contributed by atoms with Crippen LogP contribution in [0.25, 0.3) is 0 Å². The number of ether oxygens (including phenoxy) is 1. The normalized spacial score (nSPS) is 11.8. The summed E-state index contributed by atoms with van der Waals surface area (Å²) in [6, 6.07) is 16.2. The average molecular weight is 401 g/mol. The molecule has 2 aromatic carbocycles. The van der Waals surface area contributed by atoms with Crippen LogP contribution in [0.3, 0.4) is 0 Å². The number of hydrogen-bond donors (Lipinski definition) is 3. The molecule has 0 bridgehead atoms. The molecular weight excluding hydrogens is 380 g/mol. The molecule has 0 saturated heterocycles. The fraction of sp³-hybridized carbons (Fsp3) is 0.200. The van der Waals surface area contributed by atoms with Gasteiger partial charge in [-0.15, -0.1) is 0 Å². The number of nitrogens with two attached hydrogens (primary N) is 1. The zero-order chi connectivity index (χ0) is 20.1. The summed E-state index contributed by atoms with van der Waals surface area (Å²) in [4.78, 5) is 12.4. The lowest BCUT2D eigenvalue weighted by Crippen LogP contribution is -2.14. The minimum atomic E-state index is -0.841. The largest absolute Gasteiger partial charge is 0.462 e. The highest BCUT2D eigenvalue weighted by molar-refractivity contribution is 6.33. The molecule has 0 spiro atoms. The second kappa shape index (κ2) is 8.77. The fourth-order valence-corrected chi connectivity index (χ4v) is 2.92. The molecule has 8 heteroatoms. The molecule has 3 aromatic rings. The Hall–Kier alpha value is -3.03. The van der Waals surface area contributed by atoms with Crippen molar-refractivity contribution in [2.24, 2.45) is 0 Å². The number of esters is 1. The third-order valence-electron chi connectivity index (χ3n) is 4.13. The van der Waals surface area contributed by atoms with Gasteiger partial charge in [-0.25, -0.2) is 9.48 Å². The average Bonchev–Trinajstić information content (AvgIpc) is 2.99. The van der Waals surface area contributed by atoms with Crippen molar-refractivity contribution in [1.29, 1.82) is 0 Å². The zero-order valence-corrected chi connectivity index (χ0v) is 16.1. The number of nitrogen functional groups attached to an aromatic ring is 1. The van der Waals surface area contributed by atoms with Crippen LogP contribution < -0.4 is 11.1 Å². The Balaban J connectivity index is 1.95. The minimum absolute atomic E-state index is 0.0758. The summed E-state index contributed by atoms with van der Waals surface area (Å²) in [5.74, 6) is -0.290. The SMILES string of the molecule is CCOC(=O)c1c(Nc2ccccc2Cl)nn(CC(O)c2ccccc2)c1N. The van der Waals surface area contributed by atoms with Gasteiger partial charge in [0.1, 0.15) is 11.4 Å². The number of nitrogens with one attached hydrogen (secondary N) is 1. The van der Waals surface area contributed by atoms with Crippen molar-refractivity contribution in [1.82, 2.24) is 9.78 Å². The van der Waals surface area contributed by atoms with E-state index in [1.54, 1.807) is 43.3 Å². The van der Waals surface area contributed by atoms with E-state index in [4.69, 9.17) is 22.1 Å². The number of benzene rings is 2. The van der Waals surface area contributed by atoms with Gasteiger partial charge in [-0.05, 0) is 24.6 Å². The van der Waals surface area contributed by atoms with Crippen molar-refractivity contribution in [3.8, 4) is 0 Å². The van der Waals surface area contributed by atoms with Crippen LogP contribution in [0.2, 0.25) is 5.02 Å². The molecule has 146 valence electrons. The number of para-hydroxylation sites is 1. The van der Waals surface area contributed by atoms with Crippen LogP contribution in [0.1, 0.15) is 28.9 Å². The highest BCUT2D eigenvalue weighted by Crippen LogP contribution is 2.30. The number of carbonyl (C=O) groups excluding carboxylic acids is 1. The number of aliphatic hydroxyl groups is 1. The summed E-state index contributed by atoms with van der Waals surface area (Å²) < 4.78 is 6.49. The Bertz CT molecular complexity index is 959. The van der Waals surface area contributed by atoms with E-state index >= 15 is 0 Å². The van der Waals surface area contributed by atoms with Crippen LogP contribution in [0.5, 0.6) is 0 Å². The van der Waals surface area contributed by atoms with E-state index in [2.05, 4.69) is 10.4 Å². The topological polar surface area (TPSA) is 102 Å². The molecule has 3 rings (SSSR count). The van der Waals surface area contributed by atoms with Gasteiger partial charge in [-0.1, -0.05) is 54.1 Å². The molecule has 0 radical (unpaired) electrons. The van der Waals surface area contributed by atoms with Gasteiger partial charge >= 0.3 is 5.97 Å². The third-order valence-corrected chi connectivity index (χ3v) is 4.46. The van der Waals surface area contributed by atoms with Crippen LogP contribution in [-0.4, -0.2) is 27.5 Å². The van der Waals surface area contributed by atoms with E-state index in [0.29, 0.717) is 10.7 Å². The van der Waals surface area contributed by atoms with Gasteiger partial charge in [0.2, 0.25) is 0 Å². The minimum Gasteiger partial charge on any atom is -0.462 e. The maximum Gasteiger partial charge on any atom is 0.345 e. The van der Waals surface area contributed by atoms with Crippen molar-refractivity contribution in [2.75, 3.05) is 17.7 Å². The number of carbonyl (C=O) groups is 1. The number of halogens is 1. The number of hydrogen-bond acceptors (Lipinski definition) is 6. The maximum atomic E-state index is 12.4. The van der Waals surface area contributed by atoms with E-state index in [0.717, 1.165) is 5.56 Å². The van der Waals surface area contributed by atoms with E-state index < -0.39 is 12.1 Å². The van der Waals surface area contributed by atoms with Crippen molar-refractivity contribution >= 4 is 34.9 Å². The summed E-state index contributed by atoms with van der Waals surface area (Å²) in [5.41, 5.74) is 7.56. The second-order valence-corrected chi connectivity index (χ2v) is 6.45. The standard InChI is InChI=1S/C20H21ClN4O3/c1-2-28-20(27)17-18(22)25(12-16(26)13-8-4-3-5-9-13)24-19(17)23-15-11-7-6-10-14(15)21/h3-11,16,26H,2,12,22H2,1H3,(H,23,24). The fourth-order valence-electron chi connectivity index (χ4n) is 2.74. The second-order valence-electron chi connectivity index (χ2n) is 6.04. The first-order chi connectivity index (χ1) is 13.5. The van der Waals surface area contributed by atoms with E-state index in [9.17, 15) is 9.90 Å². The van der Waals surface area contributed by atoms with Gasteiger partial charge in [0.15, 0.2) is 5.82 Å². The van der Waals surface area contributed by atoms with Crippen LogP contribution >= 0.6 is 11.6 Å². The van der Waals surface area contributed by atoms with Gasteiger partial charge in [-0.3, -0.25) is 0 Å². The Kier molecular flexibility index (Phi) is 6.18. The Labute approximate surface area is 167 Å². The quantitative estimate of drug-likeness (QED) is 0.522. The first kappa shape index (κ1) is 19.7. The zero-order valence-electron chi connectivity index (χ0n) is 15.3. The molecule has 28 heavy (non-hydrogen) atoms. The summed E-state index contributed by atoms with van der Waals surface area (Å²) in [6.45, 7) is 1.98. The molecule has 0 amide bonds. The predicted octanol–water partition coefficient (Wildman–Crippen LogP) is 3.77. The molecule has 0 aliphatic heterocycles. The monoisotopic (exact) mass is 400 g/mol. The molecule has 0 aliphatic rings. The Morgan fingerprint density at radius 1 is 1.25 bits per heavy atom. The van der Waals surface area contributed by atoms with Gasteiger partial charge in [0.25, 0.3) is 0 Å². The summed E-state index contributed by atoms with van der Waals surface area (Å²) in [7, 11) is 0. The summed E-state index contributed by atoms with van der Waals surface area (Å²) >= 11 is 6.19. The lowest BCUT2D eigenvalue weighted by Gasteiger charge is -2.12. The van der Waals surface area contributed by atoms with Crippen molar-refractivity contribution in [3.05, 3.63) is 70.7 Å². The highest BCUT2D eigenvalue weighted by Gasteiger charge is 2.25. The van der Waals surface area contributed by atoms with Crippen LogP contribution in [0.4, 0.5) is 17.3 Å². The van der Waals surface area contributed by atoms with E-state index in [-0.39, 0.29) is 30.4 Å². The lowest BCUT2D eigenvalue weighted by atomic mass is 10.1. The molecule has 1 unspecified atom stereocenters. The summed E-state index contributed by atoms with van der Waals surface area (Å²) in [5, 5.41) is 18.4. The molecule has 0 aliphatic carbocycles.